The van der Waals surface area contributed by atoms with E-state index in [9.17, 15) is 4.79 Å². The Hall–Kier alpha value is -1.87. The molecule has 0 aliphatic heterocycles. The van der Waals surface area contributed by atoms with E-state index < -0.39 is 0 Å². The van der Waals surface area contributed by atoms with Crippen LogP contribution in [-0.2, 0) is 0 Å². The highest BCUT2D eigenvalue weighted by molar-refractivity contribution is 6.34. The summed E-state index contributed by atoms with van der Waals surface area (Å²) < 4.78 is 0. The average Bonchev–Trinajstić information content (AvgIpc) is 2.49. The second-order valence-corrected chi connectivity index (χ2v) is 4.91. The highest BCUT2D eigenvalue weighted by Gasteiger charge is 2.19. The van der Waals surface area contributed by atoms with Gasteiger partial charge in [0.05, 0.1) is 10.6 Å². The van der Waals surface area contributed by atoms with Crippen LogP contribution in [-0.4, -0.2) is 17.4 Å². The Balaban J connectivity index is 2.32. The molecule has 0 saturated heterocycles. The lowest BCUT2D eigenvalue weighted by atomic mass is 10.2. The van der Waals surface area contributed by atoms with Crippen LogP contribution in [0.4, 0.5) is 5.69 Å². The Morgan fingerprint density at radius 1 is 1.25 bits per heavy atom. The first kappa shape index (κ1) is 14.5. The number of nitrogens with zero attached hydrogens (tertiary/aromatic N) is 2. The predicted molar refractivity (Wildman–Crippen MR) is 82.3 cm³/mol. The van der Waals surface area contributed by atoms with Crippen LogP contribution in [0.25, 0.3) is 0 Å². The van der Waals surface area contributed by atoms with Crippen LogP contribution >= 0.6 is 11.6 Å². The minimum absolute atomic E-state index is 0.0861. The number of pyridine rings is 1. The first-order valence-electron chi connectivity index (χ1n) is 6.70. The summed E-state index contributed by atoms with van der Waals surface area (Å²) in [5.74, 6) is -0.0861. The van der Waals surface area contributed by atoms with Gasteiger partial charge in [-0.1, -0.05) is 43.1 Å². The molecule has 1 aromatic heterocycles. The maximum Gasteiger partial charge on any atom is 0.259 e. The first-order chi connectivity index (χ1) is 9.74. The number of halogens is 1. The summed E-state index contributed by atoms with van der Waals surface area (Å²) >= 11 is 6.07. The smallest absolute Gasteiger partial charge is 0.259 e. The molecule has 4 heteroatoms. The third kappa shape index (κ3) is 3.36. The zero-order valence-electron chi connectivity index (χ0n) is 11.4. The normalized spacial score (nSPS) is 10.3. The Bertz CT molecular complexity index is 572. The van der Waals surface area contributed by atoms with Crippen molar-refractivity contribution in [2.45, 2.75) is 19.8 Å². The van der Waals surface area contributed by atoms with Gasteiger partial charge in [-0.15, -0.1) is 0 Å². The molecule has 0 bridgehead atoms. The lowest BCUT2D eigenvalue weighted by Gasteiger charge is -2.23. The summed E-state index contributed by atoms with van der Waals surface area (Å²) in [6.45, 7) is 2.78. The van der Waals surface area contributed by atoms with Crippen molar-refractivity contribution >= 4 is 23.2 Å². The number of unbranched alkanes of at least 4 members (excludes halogenated alkanes) is 1. The number of hydrogen-bond donors (Lipinski definition) is 0. The Labute approximate surface area is 124 Å². The van der Waals surface area contributed by atoms with E-state index >= 15 is 0 Å². The largest absolute Gasteiger partial charge is 0.308 e. The summed E-state index contributed by atoms with van der Waals surface area (Å²) in [6, 6.07) is 11.3. The molecule has 1 amide bonds. The SMILES string of the molecule is CCCCN(C(=O)c1ccncc1Cl)c1ccccc1. The van der Waals surface area contributed by atoms with E-state index in [0.717, 1.165) is 18.5 Å². The molecule has 2 rings (SSSR count). The summed E-state index contributed by atoms with van der Waals surface area (Å²) in [4.78, 5) is 18.4. The molecule has 0 aliphatic carbocycles. The standard InChI is InChI=1S/C16H17ClN2O/c1-2-3-11-19(13-7-5-4-6-8-13)16(20)14-9-10-18-12-15(14)17/h4-10,12H,2-3,11H2,1H3. The summed E-state index contributed by atoms with van der Waals surface area (Å²) in [6.07, 6.45) is 5.06. The fourth-order valence-electron chi connectivity index (χ4n) is 1.97. The zero-order chi connectivity index (χ0) is 14.4. The van der Waals surface area contributed by atoms with Crippen LogP contribution < -0.4 is 4.90 Å². The molecular weight excluding hydrogens is 272 g/mol. The fourth-order valence-corrected chi connectivity index (χ4v) is 2.17. The minimum Gasteiger partial charge on any atom is -0.308 e. The molecule has 0 spiro atoms. The molecule has 0 radical (unpaired) electrons. The van der Waals surface area contributed by atoms with Gasteiger partial charge in [-0.3, -0.25) is 9.78 Å². The van der Waals surface area contributed by atoms with Gasteiger partial charge < -0.3 is 4.90 Å². The maximum absolute atomic E-state index is 12.7. The molecule has 0 fully saturated rings. The molecule has 20 heavy (non-hydrogen) atoms. The predicted octanol–water partition coefficient (Wildman–Crippen LogP) is 4.18. The van der Waals surface area contributed by atoms with Crippen molar-refractivity contribution in [2.24, 2.45) is 0 Å². The van der Waals surface area contributed by atoms with E-state index in [2.05, 4.69) is 11.9 Å². The van der Waals surface area contributed by atoms with Crippen LogP contribution in [0.2, 0.25) is 5.02 Å². The zero-order valence-corrected chi connectivity index (χ0v) is 12.2. The quantitative estimate of drug-likeness (QED) is 0.827. The van der Waals surface area contributed by atoms with Gasteiger partial charge in [-0.05, 0) is 24.6 Å². The summed E-state index contributed by atoms with van der Waals surface area (Å²) in [5.41, 5.74) is 1.38. The second-order valence-electron chi connectivity index (χ2n) is 4.50. The van der Waals surface area contributed by atoms with E-state index in [1.54, 1.807) is 17.2 Å². The van der Waals surface area contributed by atoms with Crippen molar-refractivity contribution in [3.8, 4) is 0 Å². The number of amides is 1. The molecule has 0 aliphatic rings. The van der Waals surface area contributed by atoms with Crippen molar-refractivity contribution in [3.63, 3.8) is 0 Å². The second kappa shape index (κ2) is 7.06. The van der Waals surface area contributed by atoms with Crippen molar-refractivity contribution in [3.05, 3.63) is 59.4 Å². The van der Waals surface area contributed by atoms with E-state index in [1.807, 2.05) is 30.3 Å². The van der Waals surface area contributed by atoms with Crippen molar-refractivity contribution in [1.29, 1.82) is 0 Å². The molecule has 1 aromatic carbocycles. The van der Waals surface area contributed by atoms with Gasteiger partial charge in [0.15, 0.2) is 0 Å². The third-order valence-electron chi connectivity index (χ3n) is 3.05. The minimum atomic E-state index is -0.0861. The van der Waals surface area contributed by atoms with Gasteiger partial charge in [-0.2, -0.15) is 0 Å². The Morgan fingerprint density at radius 2 is 2.00 bits per heavy atom. The molecule has 104 valence electrons. The third-order valence-corrected chi connectivity index (χ3v) is 3.35. The van der Waals surface area contributed by atoms with E-state index in [4.69, 9.17) is 11.6 Å². The number of aromatic nitrogens is 1. The Kier molecular flexibility index (Phi) is 5.13. The molecular formula is C16H17ClN2O. The van der Waals surface area contributed by atoms with Gasteiger partial charge in [0.25, 0.3) is 5.91 Å². The molecule has 0 saturated carbocycles. The monoisotopic (exact) mass is 288 g/mol. The van der Waals surface area contributed by atoms with Gasteiger partial charge in [-0.25, -0.2) is 0 Å². The highest BCUT2D eigenvalue weighted by atomic mass is 35.5. The van der Waals surface area contributed by atoms with E-state index in [1.165, 1.54) is 6.20 Å². The summed E-state index contributed by atoms with van der Waals surface area (Å²) in [7, 11) is 0. The Morgan fingerprint density at radius 3 is 2.65 bits per heavy atom. The van der Waals surface area contributed by atoms with Crippen LogP contribution in [0.1, 0.15) is 30.1 Å². The van der Waals surface area contributed by atoms with Gasteiger partial charge >= 0.3 is 0 Å². The number of para-hydroxylation sites is 1. The molecule has 2 aromatic rings. The number of hydrogen-bond acceptors (Lipinski definition) is 2. The van der Waals surface area contributed by atoms with E-state index in [-0.39, 0.29) is 5.91 Å². The van der Waals surface area contributed by atoms with Crippen molar-refractivity contribution in [1.82, 2.24) is 4.98 Å². The first-order valence-corrected chi connectivity index (χ1v) is 7.08. The number of carbonyl (C=O) groups excluding carboxylic acids is 1. The van der Waals surface area contributed by atoms with Gasteiger partial charge in [0, 0.05) is 24.6 Å². The van der Waals surface area contributed by atoms with E-state index in [0.29, 0.717) is 17.1 Å². The number of benzene rings is 1. The van der Waals surface area contributed by atoms with Crippen LogP contribution in [0.15, 0.2) is 48.8 Å². The molecule has 0 N–H and O–H groups in total. The average molecular weight is 289 g/mol. The number of anilines is 1. The molecule has 0 atom stereocenters. The lowest BCUT2D eigenvalue weighted by Crippen LogP contribution is -2.32. The maximum atomic E-state index is 12.7. The van der Waals surface area contributed by atoms with Crippen molar-refractivity contribution in [2.75, 3.05) is 11.4 Å². The van der Waals surface area contributed by atoms with Gasteiger partial charge in [0.2, 0.25) is 0 Å². The lowest BCUT2D eigenvalue weighted by molar-refractivity contribution is 0.0986. The van der Waals surface area contributed by atoms with Gasteiger partial charge in [0.1, 0.15) is 0 Å². The number of rotatable bonds is 5. The fraction of sp³-hybridized carbons (Fsp3) is 0.250. The topological polar surface area (TPSA) is 33.2 Å². The molecule has 3 nitrogen and oxygen atoms in total. The van der Waals surface area contributed by atoms with Crippen LogP contribution in [0.5, 0.6) is 0 Å². The summed E-state index contributed by atoms with van der Waals surface area (Å²) in [5, 5.41) is 0.384. The van der Waals surface area contributed by atoms with Crippen molar-refractivity contribution < 1.29 is 4.79 Å². The number of carbonyl (C=O) groups is 1. The van der Waals surface area contributed by atoms with Crippen LogP contribution in [0.3, 0.4) is 0 Å². The molecule has 0 unspecified atom stereocenters. The highest BCUT2D eigenvalue weighted by Crippen LogP contribution is 2.21. The van der Waals surface area contributed by atoms with Crippen LogP contribution in [0, 0.1) is 0 Å². The molecule has 1 heterocycles.